The van der Waals surface area contributed by atoms with Gasteiger partial charge in [-0.1, -0.05) is 5.21 Å². The Morgan fingerprint density at radius 1 is 1.44 bits per heavy atom. The number of benzene rings is 1. The number of methoxy groups -OCH3 is 1. The smallest absolute Gasteiger partial charge is 0.113 e. The van der Waals surface area contributed by atoms with Crippen LogP contribution in [0.1, 0.15) is 13.8 Å². The standard InChI is InChI=1S/C11H16N4O/c1-11(2,16-3)7-15-10-6-8(12)4-5-9(10)13-14-15/h4-6H,7,12H2,1-3H3. The summed E-state index contributed by atoms with van der Waals surface area (Å²) in [4.78, 5) is 0. The van der Waals surface area contributed by atoms with E-state index in [0.717, 1.165) is 11.0 Å². The first-order chi connectivity index (χ1) is 7.52. The van der Waals surface area contributed by atoms with E-state index in [1.165, 1.54) is 0 Å². The maximum atomic E-state index is 5.75. The third kappa shape index (κ3) is 1.99. The topological polar surface area (TPSA) is 66.0 Å². The lowest BCUT2D eigenvalue weighted by molar-refractivity contribution is 0.00601. The van der Waals surface area contributed by atoms with E-state index in [2.05, 4.69) is 10.3 Å². The van der Waals surface area contributed by atoms with Gasteiger partial charge in [-0.15, -0.1) is 5.10 Å². The van der Waals surface area contributed by atoms with Crippen LogP contribution in [0.5, 0.6) is 0 Å². The predicted octanol–water partition coefficient (Wildman–Crippen LogP) is 1.44. The Kier molecular flexibility index (Phi) is 2.55. The molecule has 0 spiro atoms. The highest BCUT2D eigenvalue weighted by atomic mass is 16.5. The molecule has 0 aliphatic heterocycles. The lowest BCUT2D eigenvalue weighted by Gasteiger charge is -2.22. The Hall–Kier alpha value is -1.62. The minimum absolute atomic E-state index is 0.273. The van der Waals surface area contributed by atoms with Crippen molar-refractivity contribution in [3.63, 3.8) is 0 Å². The van der Waals surface area contributed by atoms with Crippen molar-refractivity contribution in [3.8, 4) is 0 Å². The Morgan fingerprint density at radius 3 is 2.88 bits per heavy atom. The summed E-state index contributed by atoms with van der Waals surface area (Å²) in [5.74, 6) is 0. The molecule has 0 bridgehead atoms. The molecule has 2 aromatic rings. The number of hydrogen-bond acceptors (Lipinski definition) is 4. The van der Waals surface area contributed by atoms with E-state index in [9.17, 15) is 0 Å². The number of hydrogen-bond donors (Lipinski definition) is 1. The molecule has 16 heavy (non-hydrogen) atoms. The molecular formula is C11H16N4O. The van der Waals surface area contributed by atoms with Crippen LogP contribution in [0.25, 0.3) is 11.0 Å². The second kappa shape index (κ2) is 3.75. The number of ether oxygens (including phenoxy) is 1. The number of anilines is 1. The zero-order chi connectivity index (χ0) is 11.8. The molecule has 2 N–H and O–H groups in total. The maximum Gasteiger partial charge on any atom is 0.113 e. The number of nitrogens with zero attached hydrogens (tertiary/aromatic N) is 3. The first-order valence-corrected chi connectivity index (χ1v) is 5.16. The number of fused-ring (bicyclic) bond motifs is 1. The van der Waals surface area contributed by atoms with Crippen molar-refractivity contribution in [1.82, 2.24) is 15.0 Å². The van der Waals surface area contributed by atoms with Gasteiger partial charge in [0, 0.05) is 12.8 Å². The molecule has 86 valence electrons. The fourth-order valence-electron chi connectivity index (χ4n) is 1.52. The van der Waals surface area contributed by atoms with Crippen LogP contribution in [0.3, 0.4) is 0 Å². The molecule has 0 fully saturated rings. The van der Waals surface area contributed by atoms with Gasteiger partial charge in [0.1, 0.15) is 5.52 Å². The molecule has 0 radical (unpaired) electrons. The summed E-state index contributed by atoms with van der Waals surface area (Å²) in [7, 11) is 1.69. The molecule has 1 heterocycles. The molecule has 2 rings (SSSR count). The number of rotatable bonds is 3. The van der Waals surface area contributed by atoms with E-state index in [-0.39, 0.29) is 5.60 Å². The van der Waals surface area contributed by atoms with Gasteiger partial charge in [0.15, 0.2) is 0 Å². The summed E-state index contributed by atoms with van der Waals surface area (Å²) in [6, 6.07) is 5.57. The average Bonchev–Trinajstić information content (AvgIpc) is 2.61. The highest BCUT2D eigenvalue weighted by molar-refractivity contribution is 5.78. The fourth-order valence-corrected chi connectivity index (χ4v) is 1.52. The lowest BCUT2D eigenvalue weighted by Crippen LogP contribution is -2.29. The second-order valence-electron chi connectivity index (χ2n) is 4.46. The number of nitrogens with two attached hydrogens (primary N) is 1. The summed E-state index contributed by atoms with van der Waals surface area (Å²) in [5, 5.41) is 8.18. The molecular weight excluding hydrogens is 204 g/mol. The molecule has 1 aromatic carbocycles. The van der Waals surface area contributed by atoms with Gasteiger partial charge in [0.25, 0.3) is 0 Å². The van der Waals surface area contributed by atoms with Crippen molar-refractivity contribution in [2.45, 2.75) is 26.0 Å². The molecule has 0 amide bonds. The van der Waals surface area contributed by atoms with Gasteiger partial charge in [0.2, 0.25) is 0 Å². The summed E-state index contributed by atoms with van der Waals surface area (Å²) in [5.41, 5.74) is 7.97. The van der Waals surface area contributed by atoms with Crippen LogP contribution in [0.15, 0.2) is 18.2 Å². The van der Waals surface area contributed by atoms with Crippen LogP contribution < -0.4 is 5.73 Å². The molecule has 0 aliphatic rings. The van der Waals surface area contributed by atoms with E-state index in [1.54, 1.807) is 7.11 Å². The first kappa shape index (κ1) is 10.9. The third-order valence-corrected chi connectivity index (χ3v) is 2.62. The van der Waals surface area contributed by atoms with Gasteiger partial charge in [-0.25, -0.2) is 4.68 Å². The Labute approximate surface area is 94.2 Å². The predicted molar refractivity (Wildman–Crippen MR) is 63.0 cm³/mol. The third-order valence-electron chi connectivity index (χ3n) is 2.62. The van der Waals surface area contributed by atoms with Crippen molar-refractivity contribution in [2.24, 2.45) is 0 Å². The van der Waals surface area contributed by atoms with Gasteiger partial charge >= 0.3 is 0 Å². The van der Waals surface area contributed by atoms with Crippen LogP contribution in [-0.2, 0) is 11.3 Å². The number of aromatic nitrogens is 3. The van der Waals surface area contributed by atoms with E-state index in [0.29, 0.717) is 12.2 Å². The quantitative estimate of drug-likeness (QED) is 0.795. The lowest BCUT2D eigenvalue weighted by atomic mass is 10.1. The molecule has 5 heteroatoms. The second-order valence-corrected chi connectivity index (χ2v) is 4.46. The average molecular weight is 220 g/mol. The Morgan fingerprint density at radius 2 is 2.19 bits per heavy atom. The summed E-state index contributed by atoms with van der Waals surface area (Å²) >= 11 is 0. The van der Waals surface area contributed by atoms with Crippen LogP contribution in [0, 0.1) is 0 Å². The van der Waals surface area contributed by atoms with Crippen LogP contribution in [0.4, 0.5) is 5.69 Å². The SMILES string of the molecule is COC(C)(C)Cn1nnc2ccc(N)cc21. The van der Waals surface area contributed by atoms with Gasteiger partial charge in [-0.2, -0.15) is 0 Å². The number of nitrogen functional groups attached to an aromatic ring is 1. The largest absolute Gasteiger partial charge is 0.399 e. The zero-order valence-electron chi connectivity index (χ0n) is 9.77. The molecule has 0 unspecified atom stereocenters. The van der Waals surface area contributed by atoms with E-state index < -0.39 is 0 Å². The van der Waals surface area contributed by atoms with Crippen molar-refractivity contribution in [3.05, 3.63) is 18.2 Å². The van der Waals surface area contributed by atoms with Gasteiger partial charge in [0.05, 0.1) is 17.7 Å². The van der Waals surface area contributed by atoms with Crippen molar-refractivity contribution in [1.29, 1.82) is 0 Å². The molecule has 5 nitrogen and oxygen atoms in total. The van der Waals surface area contributed by atoms with Gasteiger partial charge < -0.3 is 10.5 Å². The highest BCUT2D eigenvalue weighted by Gasteiger charge is 2.19. The molecule has 0 saturated carbocycles. The normalized spacial score (nSPS) is 12.2. The Balaban J connectivity index is 2.41. The fraction of sp³-hybridized carbons (Fsp3) is 0.455. The first-order valence-electron chi connectivity index (χ1n) is 5.16. The highest BCUT2D eigenvalue weighted by Crippen LogP contribution is 2.18. The maximum absolute atomic E-state index is 5.75. The Bertz CT molecular complexity index is 504. The summed E-state index contributed by atoms with van der Waals surface area (Å²) in [6.07, 6.45) is 0. The molecule has 0 saturated heterocycles. The van der Waals surface area contributed by atoms with E-state index >= 15 is 0 Å². The van der Waals surface area contributed by atoms with E-state index in [4.69, 9.17) is 10.5 Å². The summed E-state index contributed by atoms with van der Waals surface area (Å²) in [6.45, 7) is 4.66. The van der Waals surface area contributed by atoms with Crippen molar-refractivity contribution in [2.75, 3.05) is 12.8 Å². The van der Waals surface area contributed by atoms with Crippen LogP contribution in [0.2, 0.25) is 0 Å². The molecule has 0 aliphatic carbocycles. The molecule has 1 aromatic heterocycles. The van der Waals surface area contributed by atoms with Crippen LogP contribution >= 0.6 is 0 Å². The summed E-state index contributed by atoms with van der Waals surface area (Å²) < 4.78 is 7.18. The zero-order valence-corrected chi connectivity index (χ0v) is 9.77. The van der Waals surface area contributed by atoms with Crippen LogP contribution in [-0.4, -0.2) is 27.7 Å². The minimum Gasteiger partial charge on any atom is -0.399 e. The van der Waals surface area contributed by atoms with Gasteiger partial charge in [-0.3, -0.25) is 0 Å². The van der Waals surface area contributed by atoms with E-state index in [1.807, 2.05) is 36.7 Å². The monoisotopic (exact) mass is 220 g/mol. The minimum atomic E-state index is -0.273. The van der Waals surface area contributed by atoms with Crippen molar-refractivity contribution >= 4 is 16.7 Å². The van der Waals surface area contributed by atoms with Gasteiger partial charge in [-0.05, 0) is 32.0 Å². The van der Waals surface area contributed by atoms with Crippen molar-refractivity contribution < 1.29 is 4.74 Å². The molecule has 0 atom stereocenters.